The van der Waals surface area contributed by atoms with Crippen molar-refractivity contribution in [2.75, 3.05) is 6.61 Å². The van der Waals surface area contributed by atoms with Gasteiger partial charge in [0.1, 0.15) is 6.61 Å². The molecule has 1 aromatic carbocycles. The van der Waals surface area contributed by atoms with E-state index in [4.69, 9.17) is 4.74 Å². The Balaban J connectivity index is 2.63. The van der Waals surface area contributed by atoms with E-state index in [0.717, 1.165) is 11.1 Å². The highest BCUT2D eigenvalue weighted by Gasteiger charge is 2.05. The summed E-state index contributed by atoms with van der Waals surface area (Å²) in [4.78, 5) is 11.5. The molecular formula is C14H16O2. The molecule has 0 amide bonds. The van der Waals surface area contributed by atoms with Gasteiger partial charge in [-0.1, -0.05) is 36.9 Å². The Labute approximate surface area is 96.2 Å². The number of carbonyl (C=O) groups excluding carboxylic acids is 1. The van der Waals surface area contributed by atoms with Gasteiger partial charge in [-0.05, 0) is 31.1 Å². The fraction of sp³-hybridized carbons (Fsp3) is 0.214. The SMILES string of the molecule is C=C(C)COC(=O)C(C)=Cc1ccccc1. The van der Waals surface area contributed by atoms with Gasteiger partial charge in [0.15, 0.2) is 0 Å². The summed E-state index contributed by atoms with van der Waals surface area (Å²) >= 11 is 0. The first-order chi connectivity index (χ1) is 7.59. The van der Waals surface area contributed by atoms with Gasteiger partial charge in [0, 0.05) is 5.57 Å². The Hall–Kier alpha value is -1.83. The molecule has 0 bridgehead atoms. The first-order valence-electron chi connectivity index (χ1n) is 5.14. The molecule has 2 heteroatoms. The van der Waals surface area contributed by atoms with Gasteiger partial charge in [0.2, 0.25) is 0 Å². The second kappa shape index (κ2) is 5.91. The predicted octanol–water partition coefficient (Wildman–Crippen LogP) is 3.21. The van der Waals surface area contributed by atoms with E-state index in [1.165, 1.54) is 0 Å². The summed E-state index contributed by atoms with van der Waals surface area (Å²) in [5.74, 6) is -0.299. The van der Waals surface area contributed by atoms with Crippen LogP contribution in [0.15, 0.2) is 48.1 Å². The molecule has 0 heterocycles. The van der Waals surface area contributed by atoms with Gasteiger partial charge in [-0.15, -0.1) is 0 Å². The van der Waals surface area contributed by atoms with Gasteiger partial charge < -0.3 is 4.74 Å². The Bertz CT molecular complexity index is 402. The maximum atomic E-state index is 11.5. The largest absolute Gasteiger partial charge is 0.458 e. The van der Waals surface area contributed by atoms with Crippen molar-refractivity contribution in [2.45, 2.75) is 13.8 Å². The van der Waals surface area contributed by atoms with Crippen LogP contribution in [-0.4, -0.2) is 12.6 Å². The standard InChI is InChI=1S/C14H16O2/c1-11(2)10-16-14(15)12(3)9-13-7-5-4-6-8-13/h4-9H,1,10H2,2-3H3. The molecule has 0 fully saturated rings. The molecule has 0 N–H and O–H groups in total. The summed E-state index contributed by atoms with van der Waals surface area (Å²) in [5.41, 5.74) is 2.42. The number of hydrogen-bond acceptors (Lipinski definition) is 2. The summed E-state index contributed by atoms with van der Waals surface area (Å²) in [6.07, 6.45) is 1.81. The molecule has 0 atom stereocenters. The zero-order valence-corrected chi connectivity index (χ0v) is 9.69. The van der Waals surface area contributed by atoms with Crippen molar-refractivity contribution in [3.05, 3.63) is 53.6 Å². The van der Waals surface area contributed by atoms with Crippen LogP contribution in [0.1, 0.15) is 19.4 Å². The van der Waals surface area contributed by atoms with Crippen LogP contribution in [0.4, 0.5) is 0 Å². The van der Waals surface area contributed by atoms with Crippen LogP contribution in [0.3, 0.4) is 0 Å². The van der Waals surface area contributed by atoms with Crippen molar-refractivity contribution in [3.8, 4) is 0 Å². The van der Waals surface area contributed by atoms with Crippen molar-refractivity contribution >= 4 is 12.0 Å². The smallest absolute Gasteiger partial charge is 0.334 e. The predicted molar refractivity (Wildman–Crippen MR) is 65.9 cm³/mol. The summed E-state index contributed by atoms with van der Waals surface area (Å²) < 4.78 is 5.03. The monoisotopic (exact) mass is 216 g/mol. The van der Waals surface area contributed by atoms with Crippen LogP contribution in [0.2, 0.25) is 0 Å². The molecule has 0 aromatic heterocycles. The van der Waals surface area contributed by atoms with Crippen LogP contribution in [0.25, 0.3) is 6.08 Å². The minimum Gasteiger partial charge on any atom is -0.458 e. The summed E-state index contributed by atoms with van der Waals surface area (Å²) in [5, 5.41) is 0. The first kappa shape index (κ1) is 12.2. The average molecular weight is 216 g/mol. The lowest BCUT2D eigenvalue weighted by Gasteiger charge is -2.04. The second-order valence-electron chi connectivity index (χ2n) is 3.77. The van der Waals surface area contributed by atoms with E-state index < -0.39 is 0 Å². The number of esters is 1. The van der Waals surface area contributed by atoms with Gasteiger partial charge in [-0.25, -0.2) is 4.79 Å². The lowest BCUT2D eigenvalue weighted by Crippen LogP contribution is -2.07. The normalized spacial score (nSPS) is 11.0. The fourth-order valence-corrected chi connectivity index (χ4v) is 1.16. The second-order valence-corrected chi connectivity index (χ2v) is 3.77. The van der Waals surface area contributed by atoms with E-state index in [2.05, 4.69) is 6.58 Å². The minimum atomic E-state index is -0.299. The molecule has 0 aliphatic carbocycles. The maximum absolute atomic E-state index is 11.5. The van der Waals surface area contributed by atoms with Crippen LogP contribution in [0, 0.1) is 0 Å². The Kier molecular flexibility index (Phi) is 4.52. The van der Waals surface area contributed by atoms with Crippen LogP contribution < -0.4 is 0 Å². The molecule has 0 unspecified atom stereocenters. The van der Waals surface area contributed by atoms with Gasteiger partial charge in [-0.3, -0.25) is 0 Å². The van der Waals surface area contributed by atoms with E-state index in [1.807, 2.05) is 37.3 Å². The Morgan fingerprint density at radius 3 is 2.50 bits per heavy atom. The van der Waals surface area contributed by atoms with Crippen molar-refractivity contribution in [2.24, 2.45) is 0 Å². The highest BCUT2D eigenvalue weighted by Crippen LogP contribution is 2.07. The molecule has 0 saturated carbocycles. The van der Waals surface area contributed by atoms with Crippen molar-refractivity contribution in [1.29, 1.82) is 0 Å². The molecule has 0 radical (unpaired) electrons. The fourth-order valence-electron chi connectivity index (χ4n) is 1.16. The van der Waals surface area contributed by atoms with E-state index in [0.29, 0.717) is 5.57 Å². The van der Waals surface area contributed by atoms with Gasteiger partial charge in [-0.2, -0.15) is 0 Å². The number of carbonyl (C=O) groups is 1. The first-order valence-corrected chi connectivity index (χ1v) is 5.14. The Morgan fingerprint density at radius 2 is 1.94 bits per heavy atom. The van der Waals surface area contributed by atoms with E-state index in [-0.39, 0.29) is 12.6 Å². The third-order valence-corrected chi connectivity index (χ3v) is 1.95. The average Bonchev–Trinajstić information content (AvgIpc) is 2.27. The van der Waals surface area contributed by atoms with Gasteiger partial charge >= 0.3 is 5.97 Å². The third-order valence-electron chi connectivity index (χ3n) is 1.95. The molecule has 0 saturated heterocycles. The number of hydrogen-bond donors (Lipinski definition) is 0. The highest BCUT2D eigenvalue weighted by atomic mass is 16.5. The highest BCUT2D eigenvalue weighted by molar-refractivity contribution is 5.93. The van der Waals surface area contributed by atoms with Gasteiger partial charge in [0.25, 0.3) is 0 Å². The van der Waals surface area contributed by atoms with Crippen LogP contribution >= 0.6 is 0 Å². The summed E-state index contributed by atoms with van der Waals surface area (Å²) in [6, 6.07) is 9.67. The number of benzene rings is 1. The van der Waals surface area contributed by atoms with E-state index >= 15 is 0 Å². The molecular weight excluding hydrogens is 200 g/mol. The Morgan fingerprint density at radius 1 is 1.31 bits per heavy atom. The summed E-state index contributed by atoms with van der Waals surface area (Å²) in [6.45, 7) is 7.52. The molecule has 0 aliphatic heterocycles. The van der Waals surface area contributed by atoms with E-state index in [9.17, 15) is 4.79 Å². The molecule has 0 spiro atoms. The molecule has 1 aromatic rings. The zero-order chi connectivity index (χ0) is 12.0. The molecule has 16 heavy (non-hydrogen) atoms. The third kappa shape index (κ3) is 4.13. The topological polar surface area (TPSA) is 26.3 Å². The lowest BCUT2D eigenvalue weighted by molar-refractivity contribution is -0.137. The minimum absolute atomic E-state index is 0.277. The van der Waals surface area contributed by atoms with Crippen LogP contribution in [-0.2, 0) is 9.53 Å². The van der Waals surface area contributed by atoms with E-state index in [1.54, 1.807) is 13.0 Å². The molecule has 1 rings (SSSR count). The molecule has 84 valence electrons. The number of ether oxygens (including phenoxy) is 1. The maximum Gasteiger partial charge on any atom is 0.334 e. The van der Waals surface area contributed by atoms with Crippen molar-refractivity contribution < 1.29 is 9.53 Å². The van der Waals surface area contributed by atoms with Crippen molar-refractivity contribution in [3.63, 3.8) is 0 Å². The summed E-state index contributed by atoms with van der Waals surface area (Å²) in [7, 11) is 0. The zero-order valence-electron chi connectivity index (χ0n) is 9.69. The lowest BCUT2D eigenvalue weighted by atomic mass is 10.1. The quantitative estimate of drug-likeness (QED) is 0.439. The van der Waals surface area contributed by atoms with Crippen molar-refractivity contribution in [1.82, 2.24) is 0 Å². The van der Waals surface area contributed by atoms with Gasteiger partial charge in [0.05, 0.1) is 0 Å². The van der Waals surface area contributed by atoms with Crippen LogP contribution in [0.5, 0.6) is 0 Å². The number of rotatable bonds is 4. The molecule has 0 aliphatic rings. The molecule has 2 nitrogen and oxygen atoms in total.